The van der Waals surface area contributed by atoms with E-state index in [-0.39, 0.29) is 11.7 Å². The average Bonchev–Trinajstić information content (AvgIpc) is 2.84. The van der Waals surface area contributed by atoms with Crippen LogP contribution in [-0.4, -0.2) is 11.7 Å². The SMILES string of the molecule is O=C1CCc2cc(C(=O)c3ccc(Br)o3)ccc2N1. The highest BCUT2D eigenvalue weighted by molar-refractivity contribution is 9.10. The van der Waals surface area contributed by atoms with Gasteiger partial charge in [0.05, 0.1) is 0 Å². The molecule has 0 radical (unpaired) electrons. The first-order valence-electron chi connectivity index (χ1n) is 5.86. The van der Waals surface area contributed by atoms with Crippen LogP contribution < -0.4 is 5.32 Å². The second-order valence-corrected chi connectivity index (χ2v) is 5.13. The summed E-state index contributed by atoms with van der Waals surface area (Å²) >= 11 is 3.17. The Morgan fingerprint density at radius 2 is 2.05 bits per heavy atom. The van der Waals surface area contributed by atoms with E-state index in [0.29, 0.717) is 28.8 Å². The second-order valence-electron chi connectivity index (χ2n) is 4.35. The molecule has 0 saturated carbocycles. The monoisotopic (exact) mass is 319 g/mol. The molecule has 0 unspecified atom stereocenters. The fraction of sp³-hybridized carbons (Fsp3) is 0.143. The van der Waals surface area contributed by atoms with E-state index in [0.717, 1.165) is 11.3 Å². The van der Waals surface area contributed by atoms with E-state index in [1.165, 1.54) is 0 Å². The number of rotatable bonds is 2. The highest BCUT2D eigenvalue weighted by Gasteiger charge is 2.18. The van der Waals surface area contributed by atoms with E-state index >= 15 is 0 Å². The molecule has 1 N–H and O–H groups in total. The lowest BCUT2D eigenvalue weighted by atomic mass is 9.98. The molecule has 0 saturated heterocycles. The summed E-state index contributed by atoms with van der Waals surface area (Å²) in [6.07, 6.45) is 1.11. The standard InChI is InChI=1S/C14H10BrNO3/c15-12-5-4-11(19-12)14(18)9-1-3-10-8(7-9)2-6-13(17)16-10/h1,3-5,7H,2,6H2,(H,16,17). The normalized spacial score (nSPS) is 13.8. The number of fused-ring (bicyclic) bond motifs is 1. The Balaban J connectivity index is 1.94. The maximum absolute atomic E-state index is 12.2. The van der Waals surface area contributed by atoms with Crippen molar-refractivity contribution in [2.24, 2.45) is 0 Å². The molecule has 2 heterocycles. The number of hydrogen-bond donors (Lipinski definition) is 1. The van der Waals surface area contributed by atoms with Crippen LogP contribution in [0.15, 0.2) is 39.4 Å². The van der Waals surface area contributed by atoms with Gasteiger partial charge in [-0.2, -0.15) is 0 Å². The van der Waals surface area contributed by atoms with Crippen molar-refractivity contribution in [2.75, 3.05) is 5.32 Å². The Labute approximate surface area is 117 Å². The first-order chi connectivity index (χ1) is 9.13. The van der Waals surface area contributed by atoms with Crippen molar-refractivity contribution < 1.29 is 14.0 Å². The maximum Gasteiger partial charge on any atom is 0.228 e. The third-order valence-corrected chi connectivity index (χ3v) is 3.49. The Morgan fingerprint density at radius 1 is 1.21 bits per heavy atom. The third kappa shape index (κ3) is 2.33. The van der Waals surface area contributed by atoms with Crippen molar-refractivity contribution in [1.82, 2.24) is 0 Å². The van der Waals surface area contributed by atoms with Crippen LogP contribution in [0.4, 0.5) is 5.69 Å². The van der Waals surface area contributed by atoms with Gasteiger partial charge < -0.3 is 9.73 Å². The third-order valence-electron chi connectivity index (χ3n) is 3.06. The van der Waals surface area contributed by atoms with Gasteiger partial charge in [-0.15, -0.1) is 0 Å². The quantitative estimate of drug-likeness (QED) is 0.865. The molecule has 19 heavy (non-hydrogen) atoms. The summed E-state index contributed by atoms with van der Waals surface area (Å²) in [7, 11) is 0. The fourth-order valence-electron chi connectivity index (χ4n) is 2.10. The smallest absolute Gasteiger partial charge is 0.228 e. The van der Waals surface area contributed by atoms with Crippen molar-refractivity contribution in [3.8, 4) is 0 Å². The van der Waals surface area contributed by atoms with Crippen molar-refractivity contribution in [1.29, 1.82) is 0 Å². The van der Waals surface area contributed by atoms with Gasteiger partial charge in [-0.25, -0.2) is 0 Å². The number of halogens is 1. The maximum atomic E-state index is 12.2. The molecule has 0 aliphatic carbocycles. The van der Waals surface area contributed by atoms with Crippen LogP contribution in [0.2, 0.25) is 0 Å². The van der Waals surface area contributed by atoms with Crippen LogP contribution in [0.25, 0.3) is 0 Å². The van der Waals surface area contributed by atoms with Crippen molar-refractivity contribution >= 4 is 33.3 Å². The van der Waals surface area contributed by atoms with E-state index in [9.17, 15) is 9.59 Å². The zero-order valence-electron chi connectivity index (χ0n) is 9.90. The number of ketones is 1. The minimum absolute atomic E-state index is 0.0153. The number of aryl methyl sites for hydroxylation is 1. The molecule has 1 aromatic carbocycles. The summed E-state index contributed by atoms with van der Waals surface area (Å²) in [5, 5.41) is 2.79. The molecule has 0 spiro atoms. The van der Waals surface area contributed by atoms with Crippen LogP contribution in [0.3, 0.4) is 0 Å². The molecule has 3 rings (SSSR count). The van der Waals surface area contributed by atoms with Gasteiger partial charge in [0.2, 0.25) is 11.7 Å². The largest absolute Gasteiger partial charge is 0.446 e. The van der Waals surface area contributed by atoms with Crippen molar-refractivity contribution in [3.63, 3.8) is 0 Å². The Bertz CT molecular complexity index is 675. The van der Waals surface area contributed by atoms with Gasteiger partial charge in [0.25, 0.3) is 0 Å². The Morgan fingerprint density at radius 3 is 2.79 bits per heavy atom. The van der Waals surface area contributed by atoms with E-state index in [1.54, 1.807) is 24.3 Å². The first kappa shape index (κ1) is 12.2. The number of anilines is 1. The van der Waals surface area contributed by atoms with E-state index < -0.39 is 0 Å². The molecule has 1 aliphatic heterocycles. The predicted octanol–water partition coefficient (Wildman–Crippen LogP) is 3.16. The van der Waals surface area contributed by atoms with Gasteiger partial charge in [-0.05, 0) is 58.2 Å². The van der Waals surface area contributed by atoms with Gasteiger partial charge in [-0.1, -0.05) is 0 Å². The van der Waals surface area contributed by atoms with E-state index in [4.69, 9.17) is 4.42 Å². The van der Waals surface area contributed by atoms with Crippen molar-refractivity contribution in [2.45, 2.75) is 12.8 Å². The van der Waals surface area contributed by atoms with Gasteiger partial charge in [0.1, 0.15) is 0 Å². The highest BCUT2D eigenvalue weighted by atomic mass is 79.9. The average molecular weight is 320 g/mol. The number of carbonyl (C=O) groups is 2. The molecule has 1 aliphatic rings. The number of hydrogen-bond acceptors (Lipinski definition) is 3. The summed E-state index contributed by atoms with van der Waals surface area (Å²) in [6, 6.07) is 8.59. The molecule has 0 bridgehead atoms. The van der Waals surface area contributed by atoms with E-state index in [1.807, 2.05) is 6.07 Å². The minimum Gasteiger partial charge on any atom is -0.446 e. The molecule has 5 heteroatoms. The number of amides is 1. The minimum atomic E-state index is -0.162. The van der Waals surface area contributed by atoms with Crippen LogP contribution in [-0.2, 0) is 11.2 Å². The lowest BCUT2D eigenvalue weighted by Crippen LogP contribution is -2.19. The van der Waals surface area contributed by atoms with Gasteiger partial charge in [0, 0.05) is 17.7 Å². The van der Waals surface area contributed by atoms with Gasteiger partial charge in [-0.3, -0.25) is 9.59 Å². The number of benzene rings is 1. The van der Waals surface area contributed by atoms with E-state index in [2.05, 4.69) is 21.2 Å². The number of nitrogens with one attached hydrogen (secondary N) is 1. The number of carbonyl (C=O) groups excluding carboxylic acids is 2. The Hall–Kier alpha value is -1.88. The Kier molecular flexibility index (Phi) is 2.98. The second kappa shape index (κ2) is 4.66. The summed E-state index contributed by atoms with van der Waals surface area (Å²) in [5.74, 6) is 0.151. The molecular formula is C14H10BrNO3. The molecule has 0 atom stereocenters. The fourth-order valence-corrected chi connectivity index (χ4v) is 2.41. The summed E-state index contributed by atoms with van der Waals surface area (Å²) < 4.78 is 5.79. The lowest BCUT2D eigenvalue weighted by Gasteiger charge is -2.17. The van der Waals surface area contributed by atoms with Crippen LogP contribution >= 0.6 is 15.9 Å². The van der Waals surface area contributed by atoms with Crippen LogP contribution in [0.5, 0.6) is 0 Å². The number of furan rings is 1. The zero-order chi connectivity index (χ0) is 13.4. The van der Waals surface area contributed by atoms with Gasteiger partial charge in [0.15, 0.2) is 10.4 Å². The summed E-state index contributed by atoms with van der Waals surface area (Å²) in [6.45, 7) is 0. The summed E-state index contributed by atoms with van der Waals surface area (Å²) in [5.41, 5.74) is 2.33. The molecule has 96 valence electrons. The predicted molar refractivity (Wildman–Crippen MR) is 73.2 cm³/mol. The zero-order valence-corrected chi connectivity index (χ0v) is 11.5. The van der Waals surface area contributed by atoms with Crippen LogP contribution in [0.1, 0.15) is 28.1 Å². The molecule has 2 aromatic rings. The molecular weight excluding hydrogens is 310 g/mol. The van der Waals surface area contributed by atoms with Crippen molar-refractivity contribution in [3.05, 3.63) is 51.9 Å². The first-order valence-corrected chi connectivity index (χ1v) is 6.65. The van der Waals surface area contributed by atoms with Gasteiger partial charge >= 0.3 is 0 Å². The molecule has 1 aromatic heterocycles. The topological polar surface area (TPSA) is 59.3 Å². The molecule has 4 nitrogen and oxygen atoms in total. The lowest BCUT2D eigenvalue weighted by molar-refractivity contribution is -0.116. The van der Waals surface area contributed by atoms with Crippen LogP contribution in [0, 0.1) is 0 Å². The molecule has 0 fully saturated rings. The molecule has 1 amide bonds. The summed E-state index contributed by atoms with van der Waals surface area (Å²) in [4.78, 5) is 23.5. The highest BCUT2D eigenvalue weighted by Crippen LogP contribution is 2.25.